The van der Waals surface area contributed by atoms with Gasteiger partial charge in [-0.25, -0.2) is 0 Å². The highest BCUT2D eigenvalue weighted by atomic mass is 35.5. The molecule has 0 aromatic heterocycles. The summed E-state index contributed by atoms with van der Waals surface area (Å²) in [6.45, 7) is 0.399. The third-order valence-electron chi connectivity index (χ3n) is 2.89. The minimum atomic E-state index is -0.322. The lowest BCUT2D eigenvalue weighted by atomic mass is 10.1. The summed E-state index contributed by atoms with van der Waals surface area (Å²) in [4.78, 5) is 13.7. The Labute approximate surface area is 121 Å². The average Bonchev–Trinajstić information content (AvgIpc) is 2.40. The van der Waals surface area contributed by atoms with Gasteiger partial charge in [-0.3, -0.25) is 4.79 Å². The predicted molar refractivity (Wildman–Crippen MR) is 77.0 cm³/mol. The van der Waals surface area contributed by atoms with E-state index in [1.807, 2.05) is 12.1 Å². The van der Waals surface area contributed by atoms with E-state index in [0.717, 1.165) is 11.6 Å². The molecule has 4 nitrogen and oxygen atoms in total. The van der Waals surface area contributed by atoms with Crippen molar-refractivity contribution in [3.8, 4) is 11.5 Å². The molecule has 2 aromatic rings. The van der Waals surface area contributed by atoms with E-state index < -0.39 is 0 Å². The summed E-state index contributed by atoms with van der Waals surface area (Å²) in [6, 6.07) is 11.1. The number of phenolic OH excluding ortho intramolecular Hbond substituents is 2. The highest BCUT2D eigenvalue weighted by Gasteiger charge is 2.16. The first-order valence-corrected chi connectivity index (χ1v) is 6.37. The maximum atomic E-state index is 12.2. The lowest BCUT2D eigenvalue weighted by Gasteiger charge is -2.18. The largest absolute Gasteiger partial charge is 0.508 e. The first-order chi connectivity index (χ1) is 9.47. The van der Waals surface area contributed by atoms with E-state index in [4.69, 9.17) is 11.6 Å². The fourth-order valence-corrected chi connectivity index (χ4v) is 1.97. The first kappa shape index (κ1) is 14.2. The summed E-state index contributed by atoms with van der Waals surface area (Å²) in [6.07, 6.45) is 0. The van der Waals surface area contributed by atoms with E-state index in [9.17, 15) is 15.0 Å². The van der Waals surface area contributed by atoms with Gasteiger partial charge in [-0.15, -0.1) is 0 Å². The first-order valence-electron chi connectivity index (χ1n) is 5.99. The van der Waals surface area contributed by atoms with Crippen LogP contribution in [0.2, 0.25) is 5.02 Å². The van der Waals surface area contributed by atoms with Gasteiger partial charge in [0.1, 0.15) is 11.5 Å². The molecule has 0 heterocycles. The van der Waals surface area contributed by atoms with Gasteiger partial charge in [0.25, 0.3) is 5.91 Å². The summed E-state index contributed by atoms with van der Waals surface area (Å²) < 4.78 is 0. The number of halogens is 1. The number of hydrogen-bond donors (Lipinski definition) is 2. The Morgan fingerprint density at radius 1 is 1.15 bits per heavy atom. The van der Waals surface area contributed by atoms with Crippen LogP contribution in [0.3, 0.4) is 0 Å². The van der Waals surface area contributed by atoms with Crippen molar-refractivity contribution < 1.29 is 15.0 Å². The van der Waals surface area contributed by atoms with Gasteiger partial charge < -0.3 is 15.1 Å². The van der Waals surface area contributed by atoms with Crippen molar-refractivity contribution in [2.75, 3.05) is 7.05 Å². The van der Waals surface area contributed by atoms with Gasteiger partial charge in [-0.05, 0) is 29.8 Å². The average molecular weight is 292 g/mol. The number of hydrogen-bond acceptors (Lipinski definition) is 3. The molecule has 0 fully saturated rings. The van der Waals surface area contributed by atoms with Crippen LogP contribution in [0.25, 0.3) is 0 Å². The molecule has 0 aliphatic rings. The molecule has 2 aromatic carbocycles. The predicted octanol–water partition coefficient (Wildman–Crippen LogP) is 3.02. The molecule has 20 heavy (non-hydrogen) atoms. The molecule has 1 amide bonds. The minimum absolute atomic E-state index is 0.0839. The Hall–Kier alpha value is -2.20. The number of amides is 1. The molecular weight excluding hydrogens is 278 g/mol. The summed E-state index contributed by atoms with van der Waals surface area (Å²) >= 11 is 5.80. The van der Waals surface area contributed by atoms with Crippen molar-refractivity contribution >= 4 is 17.5 Å². The van der Waals surface area contributed by atoms with Crippen LogP contribution in [0.15, 0.2) is 42.5 Å². The fraction of sp³-hybridized carbons (Fsp3) is 0.133. The molecule has 0 radical (unpaired) electrons. The van der Waals surface area contributed by atoms with Gasteiger partial charge in [-0.2, -0.15) is 0 Å². The van der Waals surface area contributed by atoms with Crippen molar-refractivity contribution in [3.05, 3.63) is 58.6 Å². The molecule has 0 atom stereocenters. The SMILES string of the molecule is CN(Cc1ccc(Cl)cc1)C(=O)c1ccc(O)cc1O. The molecule has 5 heteroatoms. The van der Waals surface area contributed by atoms with E-state index in [0.29, 0.717) is 11.6 Å². The third-order valence-corrected chi connectivity index (χ3v) is 3.14. The number of carbonyl (C=O) groups excluding carboxylic acids is 1. The number of carbonyl (C=O) groups is 1. The molecule has 0 saturated heterocycles. The highest BCUT2D eigenvalue weighted by Crippen LogP contribution is 2.24. The van der Waals surface area contributed by atoms with Crippen LogP contribution in [0.4, 0.5) is 0 Å². The maximum Gasteiger partial charge on any atom is 0.257 e. The highest BCUT2D eigenvalue weighted by molar-refractivity contribution is 6.30. The zero-order valence-corrected chi connectivity index (χ0v) is 11.6. The van der Waals surface area contributed by atoms with Crippen LogP contribution < -0.4 is 0 Å². The summed E-state index contributed by atoms with van der Waals surface area (Å²) in [5.41, 5.74) is 1.09. The number of phenols is 2. The van der Waals surface area contributed by atoms with Crippen LogP contribution in [0.1, 0.15) is 15.9 Å². The number of benzene rings is 2. The molecule has 104 valence electrons. The Morgan fingerprint density at radius 3 is 2.40 bits per heavy atom. The van der Waals surface area contributed by atoms with E-state index in [2.05, 4.69) is 0 Å². The van der Waals surface area contributed by atoms with E-state index in [1.165, 1.54) is 17.0 Å². The molecule has 0 unspecified atom stereocenters. The topological polar surface area (TPSA) is 60.8 Å². The smallest absolute Gasteiger partial charge is 0.257 e. The number of aromatic hydroxyl groups is 2. The van der Waals surface area contributed by atoms with Crippen LogP contribution in [-0.2, 0) is 6.54 Å². The minimum Gasteiger partial charge on any atom is -0.508 e. The molecule has 2 N–H and O–H groups in total. The van der Waals surface area contributed by atoms with E-state index in [1.54, 1.807) is 19.2 Å². The van der Waals surface area contributed by atoms with Gasteiger partial charge in [0.15, 0.2) is 0 Å². The van der Waals surface area contributed by atoms with Crippen LogP contribution in [0, 0.1) is 0 Å². The molecule has 2 rings (SSSR count). The van der Waals surface area contributed by atoms with Crippen molar-refractivity contribution in [1.82, 2.24) is 4.90 Å². The van der Waals surface area contributed by atoms with Gasteiger partial charge >= 0.3 is 0 Å². The molecule has 0 spiro atoms. The third kappa shape index (κ3) is 3.22. The van der Waals surface area contributed by atoms with Crippen LogP contribution in [-0.4, -0.2) is 28.1 Å². The van der Waals surface area contributed by atoms with Crippen molar-refractivity contribution in [3.63, 3.8) is 0 Å². The Morgan fingerprint density at radius 2 is 1.80 bits per heavy atom. The Balaban J connectivity index is 2.14. The lowest BCUT2D eigenvalue weighted by Crippen LogP contribution is -2.26. The van der Waals surface area contributed by atoms with E-state index in [-0.39, 0.29) is 23.0 Å². The zero-order valence-electron chi connectivity index (χ0n) is 10.9. The monoisotopic (exact) mass is 291 g/mol. The lowest BCUT2D eigenvalue weighted by molar-refractivity contribution is 0.0782. The maximum absolute atomic E-state index is 12.2. The molecule has 0 aliphatic carbocycles. The number of nitrogens with zero attached hydrogens (tertiary/aromatic N) is 1. The quantitative estimate of drug-likeness (QED) is 0.914. The second kappa shape index (κ2) is 5.84. The second-order valence-corrected chi connectivity index (χ2v) is 4.93. The van der Waals surface area contributed by atoms with Crippen molar-refractivity contribution in [2.45, 2.75) is 6.54 Å². The second-order valence-electron chi connectivity index (χ2n) is 4.49. The molecule has 0 aliphatic heterocycles. The Bertz CT molecular complexity index is 626. The summed E-state index contributed by atoms with van der Waals surface area (Å²) in [5, 5.41) is 19.5. The zero-order chi connectivity index (χ0) is 14.7. The fourth-order valence-electron chi connectivity index (χ4n) is 1.84. The van der Waals surface area contributed by atoms with Crippen molar-refractivity contribution in [1.29, 1.82) is 0 Å². The summed E-state index contributed by atoms with van der Waals surface area (Å²) in [5.74, 6) is -0.644. The molecule has 0 bridgehead atoms. The van der Waals surface area contributed by atoms with Crippen LogP contribution >= 0.6 is 11.6 Å². The van der Waals surface area contributed by atoms with E-state index >= 15 is 0 Å². The molecule has 0 saturated carbocycles. The van der Waals surface area contributed by atoms with Gasteiger partial charge in [0.05, 0.1) is 5.56 Å². The standard InChI is InChI=1S/C15H14ClNO3/c1-17(9-10-2-4-11(16)5-3-10)15(20)13-7-6-12(18)8-14(13)19/h2-8,18-19H,9H2,1H3. The molecular formula is C15H14ClNO3. The van der Waals surface area contributed by atoms with Gasteiger partial charge in [0, 0.05) is 24.7 Å². The van der Waals surface area contributed by atoms with Gasteiger partial charge in [0.2, 0.25) is 0 Å². The Kier molecular flexibility index (Phi) is 4.15. The summed E-state index contributed by atoms with van der Waals surface area (Å²) in [7, 11) is 1.64. The normalized spacial score (nSPS) is 10.3. The van der Waals surface area contributed by atoms with Gasteiger partial charge in [-0.1, -0.05) is 23.7 Å². The number of rotatable bonds is 3. The van der Waals surface area contributed by atoms with Crippen LogP contribution in [0.5, 0.6) is 11.5 Å². The van der Waals surface area contributed by atoms with Crippen molar-refractivity contribution in [2.24, 2.45) is 0 Å².